The largest absolute Gasteiger partial charge is 0.381 e. The van der Waals surface area contributed by atoms with Gasteiger partial charge in [0.2, 0.25) is 0 Å². The molecule has 1 N–H and O–H groups in total. The van der Waals surface area contributed by atoms with Crippen LogP contribution >= 0.6 is 0 Å². The van der Waals surface area contributed by atoms with Crippen LogP contribution < -0.4 is 5.32 Å². The van der Waals surface area contributed by atoms with Crippen LogP contribution in [0.25, 0.3) is 5.69 Å². The van der Waals surface area contributed by atoms with Gasteiger partial charge in [-0.25, -0.2) is 4.68 Å². The first-order valence-corrected chi connectivity index (χ1v) is 7.27. The molecule has 1 aromatic carbocycles. The van der Waals surface area contributed by atoms with Crippen LogP contribution in [0.2, 0.25) is 0 Å². The lowest BCUT2D eigenvalue weighted by molar-refractivity contribution is 0.132. The lowest BCUT2D eigenvalue weighted by atomic mass is 10.3. The highest BCUT2D eigenvalue weighted by atomic mass is 16.5. The van der Waals surface area contributed by atoms with E-state index in [1.54, 1.807) is 0 Å². The normalized spacial score (nSPS) is 10.8. The molecule has 0 spiro atoms. The number of hydrogen-bond donors (Lipinski definition) is 1. The molecule has 1 heterocycles. The fraction of sp³-hybridized carbons (Fsp3) is 0.438. The van der Waals surface area contributed by atoms with Gasteiger partial charge in [0, 0.05) is 31.5 Å². The maximum atomic E-state index is 5.44. The van der Waals surface area contributed by atoms with Crippen LogP contribution in [0.3, 0.4) is 0 Å². The van der Waals surface area contributed by atoms with E-state index >= 15 is 0 Å². The van der Waals surface area contributed by atoms with E-state index in [9.17, 15) is 0 Å². The Morgan fingerprint density at radius 2 is 2.05 bits per heavy atom. The molecular weight excluding hydrogens is 250 g/mol. The number of benzene rings is 1. The summed E-state index contributed by atoms with van der Waals surface area (Å²) in [6.07, 6.45) is 6.11. The molecular formula is C16H23N3O. The third-order valence-electron chi connectivity index (χ3n) is 2.98. The molecule has 0 aliphatic rings. The van der Waals surface area contributed by atoms with Crippen LogP contribution in [-0.4, -0.2) is 29.5 Å². The molecule has 2 rings (SSSR count). The van der Waals surface area contributed by atoms with Crippen molar-refractivity contribution in [1.82, 2.24) is 15.1 Å². The number of ether oxygens (including phenoxy) is 1. The fourth-order valence-corrected chi connectivity index (χ4v) is 1.95. The number of rotatable bonds is 9. The van der Waals surface area contributed by atoms with Crippen molar-refractivity contribution in [3.05, 3.63) is 48.3 Å². The minimum atomic E-state index is 0.837. The molecule has 1 aromatic heterocycles. The third kappa shape index (κ3) is 4.79. The molecule has 0 bridgehead atoms. The van der Waals surface area contributed by atoms with Gasteiger partial charge in [-0.1, -0.05) is 25.1 Å². The number of aromatic nitrogens is 2. The summed E-state index contributed by atoms with van der Waals surface area (Å²) in [5.41, 5.74) is 2.29. The van der Waals surface area contributed by atoms with Gasteiger partial charge in [-0.2, -0.15) is 5.10 Å². The number of para-hydroxylation sites is 1. The fourth-order valence-electron chi connectivity index (χ4n) is 1.95. The van der Waals surface area contributed by atoms with Crippen molar-refractivity contribution in [2.75, 3.05) is 19.8 Å². The minimum Gasteiger partial charge on any atom is -0.381 e. The Balaban J connectivity index is 1.69. The number of hydrogen-bond acceptors (Lipinski definition) is 3. The summed E-state index contributed by atoms with van der Waals surface area (Å²) in [7, 11) is 0. The molecule has 0 fully saturated rings. The van der Waals surface area contributed by atoms with E-state index in [0.717, 1.165) is 44.8 Å². The van der Waals surface area contributed by atoms with E-state index in [-0.39, 0.29) is 0 Å². The first kappa shape index (κ1) is 14.8. The molecule has 0 aliphatic heterocycles. The SMILES string of the molecule is CCCOCCCNCc1cnn(-c2ccccc2)c1. The Morgan fingerprint density at radius 3 is 2.85 bits per heavy atom. The van der Waals surface area contributed by atoms with Crippen LogP contribution in [0.4, 0.5) is 0 Å². The van der Waals surface area contributed by atoms with Crippen molar-refractivity contribution in [2.24, 2.45) is 0 Å². The topological polar surface area (TPSA) is 39.1 Å². The molecule has 4 nitrogen and oxygen atoms in total. The summed E-state index contributed by atoms with van der Waals surface area (Å²) in [5.74, 6) is 0. The smallest absolute Gasteiger partial charge is 0.0645 e. The van der Waals surface area contributed by atoms with Crippen LogP contribution in [-0.2, 0) is 11.3 Å². The summed E-state index contributed by atoms with van der Waals surface area (Å²) in [6.45, 7) is 5.65. The Labute approximate surface area is 120 Å². The lowest BCUT2D eigenvalue weighted by Crippen LogP contribution is -2.16. The first-order chi connectivity index (χ1) is 9.90. The maximum absolute atomic E-state index is 5.44. The second-order valence-electron chi connectivity index (χ2n) is 4.77. The van der Waals surface area contributed by atoms with Crippen LogP contribution in [0.15, 0.2) is 42.7 Å². The zero-order valence-corrected chi connectivity index (χ0v) is 12.1. The lowest BCUT2D eigenvalue weighted by Gasteiger charge is -2.04. The Kier molecular flexibility index (Phi) is 6.27. The van der Waals surface area contributed by atoms with E-state index in [1.165, 1.54) is 5.56 Å². The van der Waals surface area contributed by atoms with Gasteiger partial charge in [0.05, 0.1) is 11.9 Å². The van der Waals surface area contributed by atoms with Crippen molar-refractivity contribution in [2.45, 2.75) is 26.3 Å². The summed E-state index contributed by atoms with van der Waals surface area (Å²) in [4.78, 5) is 0. The van der Waals surface area contributed by atoms with Gasteiger partial charge in [-0.05, 0) is 31.5 Å². The predicted molar refractivity (Wildman–Crippen MR) is 81.0 cm³/mol. The van der Waals surface area contributed by atoms with Gasteiger partial charge < -0.3 is 10.1 Å². The van der Waals surface area contributed by atoms with Gasteiger partial charge in [-0.3, -0.25) is 0 Å². The average Bonchev–Trinajstić information content (AvgIpc) is 2.96. The van der Waals surface area contributed by atoms with Crippen LogP contribution in [0.1, 0.15) is 25.3 Å². The molecule has 0 unspecified atom stereocenters. The second-order valence-corrected chi connectivity index (χ2v) is 4.77. The van der Waals surface area contributed by atoms with Crippen molar-refractivity contribution in [3.63, 3.8) is 0 Å². The van der Waals surface area contributed by atoms with Crippen LogP contribution in [0, 0.1) is 0 Å². The van der Waals surface area contributed by atoms with Gasteiger partial charge in [0.15, 0.2) is 0 Å². The molecule has 0 saturated carbocycles. The summed E-state index contributed by atoms with van der Waals surface area (Å²) in [5, 5.41) is 7.79. The quantitative estimate of drug-likeness (QED) is 0.714. The van der Waals surface area contributed by atoms with Gasteiger partial charge in [-0.15, -0.1) is 0 Å². The molecule has 20 heavy (non-hydrogen) atoms. The van der Waals surface area contributed by atoms with Crippen molar-refractivity contribution in [3.8, 4) is 5.69 Å². The van der Waals surface area contributed by atoms with Gasteiger partial charge in [0.1, 0.15) is 0 Å². The van der Waals surface area contributed by atoms with Crippen molar-refractivity contribution < 1.29 is 4.74 Å². The summed E-state index contributed by atoms with van der Waals surface area (Å²) >= 11 is 0. The summed E-state index contributed by atoms with van der Waals surface area (Å²) < 4.78 is 7.34. The molecule has 0 aliphatic carbocycles. The molecule has 0 saturated heterocycles. The van der Waals surface area contributed by atoms with E-state index in [0.29, 0.717) is 0 Å². The van der Waals surface area contributed by atoms with E-state index in [1.807, 2.05) is 29.1 Å². The second kappa shape index (κ2) is 8.51. The molecule has 2 aromatic rings. The standard InChI is InChI=1S/C16H23N3O/c1-2-10-20-11-6-9-17-12-15-13-18-19(14-15)16-7-4-3-5-8-16/h3-5,7-8,13-14,17H,2,6,9-12H2,1H3. The molecule has 108 valence electrons. The predicted octanol–water partition coefficient (Wildman–Crippen LogP) is 2.78. The molecule has 0 radical (unpaired) electrons. The highest BCUT2D eigenvalue weighted by molar-refractivity contribution is 5.30. The van der Waals surface area contributed by atoms with E-state index in [2.05, 4.69) is 35.7 Å². The third-order valence-corrected chi connectivity index (χ3v) is 2.98. The average molecular weight is 273 g/mol. The Morgan fingerprint density at radius 1 is 1.20 bits per heavy atom. The highest BCUT2D eigenvalue weighted by Crippen LogP contribution is 2.07. The van der Waals surface area contributed by atoms with Gasteiger partial charge in [0.25, 0.3) is 0 Å². The van der Waals surface area contributed by atoms with E-state index in [4.69, 9.17) is 4.74 Å². The highest BCUT2D eigenvalue weighted by Gasteiger charge is 2.00. The zero-order chi connectivity index (χ0) is 14.0. The van der Waals surface area contributed by atoms with Crippen molar-refractivity contribution in [1.29, 1.82) is 0 Å². The zero-order valence-electron chi connectivity index (χ0n) is 12.1. The first-order valence-electron chi connectivity index (χ1n) is 7.27. The maximum Gasteiger partial charge on any atom is 0.0645 e. The number of nitrogens with zero attached hydrogens (tertiary/aromatic N) is 2. The summed E-state index contributed by atoms with van der Waals surface area (Å²) in [6, 6.07) is 10.1. The molecule has 0 atom stereocenters. The Bertz CT molecular complexity index is 481. The van der Waals surface area contributed by atoms with E-state index < -0.39 is 0 Å². The molecule has 4 heteroatoms. The number of nitrogens with one attached hydrogen (secondary N) is 1. The monoisotopic (exact) mass is 273 g/mol. The molecule has 0 amide bonds. The van der Waals surface area contributed by atoms with Crippen molar-refractivity contribution >= 4 is 0 Å². The van der Waals surface area contributed by atoms with Crippen LogP contribution in [0.5, 0.6) is 0 Å². The minimum absolute atomic E-state index is 0.837. The Hall–Kier alpha value is -1.65. The van der Waals surface area contributed by atoms with Gasteiger partial charge >= 0.3 is 0 Å².